The molecule has 0 saturated heterocycles. The zero-order chi connectivity index (χ0) is 14.6. The second kappa shape index (κ2) is 5.65. The van der Waals surface area contributed by atoms with Crippen molar-refractivity contribution in [3.63, 3.8) is 0 Å². The van der Waals surface area contributed by atoms with Crippen LogP contribution in [0.5, 0.6) is 0 Å². The van der Waals surface area contributed by atoms with Gasteiger partial charge in [0.25, 0.3) is 0 Å². The number of benzene rings is 1. The molecule has 0 amide bonds. The van der Waals surface area contributed by atoms with Gasteiger partial charge in [-0.15, -0.1) is 0 Å². The van der Waals surface area contributed by atoms with Crippen molar-refractivity contribution in [3.05, 3.63) is 35.4 Å². The molecule has 0 aliphatic rings. The molecule has 0 bridgehead atoms. The summed E-state index contributed by atoms with van der Waals surface area (Å²) in [6, 6.07) is 6.33. The molecule has 1 rings (SSSR count). The number of hydrogen-bond acceptors (Lipinski definition) is 5. The Morgan fingerprint density at radius 2 is 1.47 bits per heavy atom. The van der Waals surface area contributed by atoms with Crippen LogP contribution in [0.2, 0.25) is 0 Å². The average Bonchev–Trinajstić information content (AvgIpc) is 2.44. The van der Waals surface area contributed by atoms with E-state index in [1.54, 1.807) is 38.1 Å². The van der Waals surface area contributed by atoms with Gasteiger partial charge in [0.1, 0.15) is 0 Å². The molecule has 19 heavy (non-hydrogen) atoms. The summed E-state index contributed by atoms with van der Waals surface area (Å²) in [4.78, 5) is 34.5. The Kier molecular flexibility index (Phi) is 4.43. The monoisotopic (exact) mass is 264 g/mol. The van der Waals surface area contributed by atoms with Crippen LogP contribution < -0.4 is 0 Å². The predicted molar refractivity (Wildman–Crippen MR) is 67.8 cm³/mol. The van der Waals surface area contributed by atoms with Gasteiger partial charge in [-0.3, -0.25) is 4.79 Å². The molecule has 0 aliphatic heterocycles. The van der Waals surface area contributed by atoms with Crippen molar-refractivity contribution >= 4 is 17.7 Å². The maximum atomic E-state index is 11.9. The van der Waals surface area contributed by atoms with Gasteiger partial charge in [0.15, 0.2) is 0 Å². The summed E-state index contributed by atoms with van der Waals surface area (Å²) in [6.45, 7) is 3.25. The second-order valence-corrected chi connectivity index (χ2v) is 4.51. The van der Waals surface area contributed by atoms with Crippen LogP contribution in [0.15, 0.2) is 24.3 Å². The first-order chi connectivity index (χ1) is 8.84. The molecular formula is C14H16O5. The van der Waals surface area contributed by atoms with E-state index in [9.17, 15) is 14.4 Å². The Bertz CT molecular complexity index is 499. The number of ketones is 1. The lowest BCUT2D eigenvalue weighted by atomic mass is 9.80. The van der Waals surface area contributed by atoms with Gasteiger partial charge < -0.3 is 9.47 Å². The summed E-state index contributed by atoms with van der Waals surface area (Å²) in [6.07, 6.45) is 0. The Morgan fingerprint density at radius 3 is 1.89 bits per heavy atom. The van der Waals surface area contributed by atoms with Crippen molar-refractivity contribution in [1.82, 2.24) is 0 Å². The Morgan fingerprint density at radius 1 is 0.947 bits per heavy atom. The molecule has 0 N–H and O–H groups in total. The van der Waals surface area contributed by atoms with Gasteiger partial charge in [0.2, 0.25) is 5.78 Å². The van der Waals surface area contributed by atoms with Gasteiger partial charge in [-0.2, -0.15) is 0 Å². The minimum absolute atomic E-state index is 0.382. The van der Waals surface area contributed by atoms with Crippen LogP contribution in [0.3, 0.4) is 0 Å². The van der Waals surface area contributed by atoms with E-state index >= 15 is 0 Å². The summed E-state index contributed by atoms with van der Waals surface area (Å²) >= 11 is 0. The maximum Gasteiger partial charge on any atom is 0.375 e. The molecule has 0 saturated carbocycles. The van der Waals surface area contributed by atoms with Crippen LogP contribution in [0, 0.1) is 0 Å². The lowest BCUT2D eigenvalue weighted by molar-refractivity contribution is -0.153. The molecule has 102 valence electrons. The first kappa shape index (κ1) is 14.9. The van der Waals surface area contributed by atoms with Gasteiger partial charge in [-0.05, 0) is 31.5 Å². The molecule has 0 aromatic heterocycles. The zero-order valence-electron chi connectivity index (χ0n) is 11.4. The van der Waals surface area contributed by atoms with E-state index in [2.05, 4.69) is 9.47 Å². The Hall–Kier alpha value is -2.17. The minimum atomic E-state index is -1.01. The Labute approximate surface area is 111 Å². The summed E-state index contributed by atoms with van der Waals surface area (Å²) in [5.74, 6) is -1.98. The number of hydrogen-bond donors (Lipinski definition) is 0. The topological polar surface area (TPSA) is 69.7 Å². The van der Waals surface area contributed by atoms with Crippen molar-refractivity contribution in [1.29, 1.82) is 0 Å². The summed E-state index contributed by atoms with van der Waals surface area (Å²) in [5.41, 5.74) is -0.00927. The molecule has 0 radical (unpaired) electrons. The lowest BCUT2D eigenvalue weighted by Crippen LogP contribution is -2.35. The molecule has 0 unspecified atom stereocenters. The number of ether oxygens (including phenoxy) is 2. The highest BCUT2D eigenvalue weighted by atomic mass is 16.5. The van der Waals surface area contributed by atoms with Crippen molar-refractivity contribution < 1.29 is 23.9 Å². The molecule has 0 heterocycles. The Balaban J connectivity index is 3.06. The SMILES string of the molecule is COC(=O)C(=O)C(C)(C)c1ccc(C(=O)OC)cc1. The smallest absolute Gasteiger partial charge is 0.375 e. The number of rotatable bonds is 4. The van der Waals surface area contributed by atoms with E-state index < -0.39 is 23.1 Å². The van der Waals surface area contributed by atoms with E-state index in [0.717, 1.165) is 7.11 Å². The summed E-state index contributed by atoms with van der Waals surface area (Å²) in [5, 5.41) is 0. The molecule has 0 aliphatic carbocycles. The molecule has 5 nitrogen and oxygen atoms in total. The fraction of sp³-hybridized carbons (Fsp3) is 0.357. The van der Waals surface area contributed by atoms with Gasteiger partial charge in [-0.25, -0.2) is 9.59 Å². The first-order valence-electron chi connectivity index (χ1n) is 5.66. The highest BCUT2D eigenvalue weighted by Crippen LogP contribution is 2.25. The van der Waals surface area contributed by atoms with E-state index in [-0.39, 0.29) is 0 Å². The average molecular weight is 264 g/mol. The summed E-state index contributed by atoms with van der Waals surface area (Å²) in [7, 11) is 2.46. The van der Waals surface area contributed by atoms with Crippen molar-refractivity contribution in [3.8, 4) is 0 Å². The van der Waals surface area contributed by atoms with Gasteiger partial charge >= 0.3 is 11.9 Å². The third-order valence-electron chi connectivity index (χ3n) is 2.97. The first-order valence-corrected chi connectivity index (χ1v) is 5.66. The molecular weight excluding hydrogens is 248 g/mol. The van der Waals surface area contributed by atoms with Crippen LogP contribution in [0.4, 0.5) is 0 Å². The fourth-order valence-corrected chi connectivity index (χ4v) is 1.62. The standard InChI is InChI=1S/C14H16O5/c1-14(2,11(15)13(17)19-4)10-7-5-9(6-8-10)12(16)18-3/h5-8H,1-4H3. The number of carbonyl (C=O) groups excluding carboxylic acids is 3. The van der Waals surface area contributed by atoms with Crippen LogP contribution in [0.25, 0.3) is 0 Å². The van der Waals surface area contributed by atoms with Crippen molar-refractivity contribution in [2.24, 2.45) is 0 Å². The normalized spacial score (nSPS) is 10.7. The van der Waals surface area contributed by atoms with Crippen molar-refractivity contribution in [2.75, 3.05) is 14.2 Å². The molecule has 1 aromatic rings. The second-order valence-electron chi connectivity index (χ2n) is 4.51. The predicted octanol–water partition coefficient (Wildman–Crippen LogP) is 1.49. The summed E-state index contributed by atoms with van der Waals surface area (Å²) < 4.78 is 9.02. The minimum Gasteiger partial charge on any atom is -0.465 e. The fourth-order valence-electron chi connectivity index (χ4n) is 1.62. The maximum absolute atomic E-state index is 11.9. The van der Waals surface area contributed by atoms with Gasteiger partial charge in [0.05, 0.1) is 25.2 Å². The van der Waals surface area contributed by atoms with Crippen LogP contribution in [-0.2, 0) is 24.5 Å². The quantitative estimate of drug-likeness (QED) is 0.608. The van der Waals surface area contributed by atoms with Gasteiger partial charge in [0, 0.05) is 0 Å². The van der Waals surface area contributed by atoms with Crippen molar-refractivity contribution in [2.45, 2.75) is 19.3 Å². The number of Topliss-reactive ketones (excluding diaryl/α,β-unsaturated/α-hetero) is 1. The third-order valence-corrected chi connectivity index (χ3v) is 2.97. The highest BCUT2D eigenvalue weighted by molar-refractivity contribution is 6.37. The largest absolute Gasteiger partial charge is 0.465 e. The van der Waals surface area contributed by atoms with E-state index in [4.69, 9.17) is 0 Å². The molecule has 5 heteroatoms. The third kappa shape index (κ3) is 2.99. The molecule has 0 spiro atoms. The number of esters is 2. The molecule has 0 atom stereocenters. The van der Waals surface area contributed by atoms with Crippen LogP contribution >= 0.6 is 0 Å². The molecule has 1 aromatic carbocycles. The van der Waals surface area contributed by atoms with Crippen LogP contribution in [0.1, 0.15) is 29.8 Å². The van der Waals surface area contributed by atoms with E-state index in [0.29, 0.717) is 11.1 Å². The van der Waals surface area contributed by atoms with E-state index in [1.165, 1.54) is 7.11 Å². The highest BCUT2D eigenvalue weighted by Gasteiger charge is 2.35. The van der Waals surface area contributed by atoms with E-state index in [1.807, 2.05) is 0 Å². The van der Waals surface area contributed by atoms with Crippen LogP contribution in [-0.4, -0.2) is 31.9 Å². The molecule has 0 fully saturated rings. The number of carbonyl (C=O) groups is 3. The number of methoxy groups -OCH3 is 2. The van der Waals surface area contributed by atoms with Gasteiger partial charge in [-0.1, -0.05) is 12.1 Å². The zero-order valence-corrected chi connectivity index (χ0v) is 11.4. The lowest BCUT2D eigenvalue weighted by Gasteiger charge is -2.22.